The number of hydrogen-bond donors (Lipinski definition) is 1. The van der Waals surface area contributed by atoms with E-state index in [0.717, 1.165) is 10.6 Å². The highest BCUT2D eigenvalue weighted by Crippen LogP contribution is 2.19. The summed E-state index contributed by atoms with van der Waals surface area (Å²) in [5.41, 5.74) is 1.87. The molecule has 0 saturated carbocycles. The van der Waals surface area contributed by atoms with Crippen LogP contribution in [-0.2, 0) is 21.4 Å². The number of rotatable bonds is 5. The van der Waals surface area contributed by atoms with Gasteiger partial charge in [0.05, 0.1) is 17.1 Å². The third-order valence-electron chi connectivity index (χ3n) is 3.52. The molecule has 1 aliphatic rings. The number of nitrogens with zero attached hydrogens (tertiary/aromatic N) is 4. The van der Waals surface area contributed by atoms with E-state index in [1.807, 2.05) is 0 Å². The van der Waals surface area contributed by atoms with E-state index in [1.54, 1.807) is 25.6 Å². The van der Waals surface area contributed by atoms with Crippen LogP contribution in [0.15, 0.2) is 12.7 Å². The van der Waals surface area contributed by atoms with Crippen LogP contribution >= 0.6 is 0 Å². The van der Waals surface area contributed by atoms with Crippen LogP contribution in [0.25, 0.3) is 0 Å². The Kier molecular flexibility index (Phi) is 4.30. The van der Waals surface area contributed by atoms with E-state index in [1.165, 1.54) is 6.08 Å². The molecule has 0 atom stereocenters. The van der Waals surface area contributed by atoms with Gasteiger partial charge in [-0.1, -0.05) is 6.08 Å². The van der Waals surface area contributed by atoms with Crippen LogP contribution in [0.1, 0.15) is 11.4 Å². The molecule has 5 amide bonds. The fourth-order valence-corrected chi connectivity index (χ4v) is 2.26. The Hall–Kier alpha value is -2.97. The molecule has 9 nitrogen and oxygen atoms in total. The number of carbonyl (C=O) groups excluding carboxylic acids is 4. The molecule has 1 aliphatic heterocycles. The molecule has 1 aromatic heterocycles. The van der Waals surface area contributed by atoms with Crippen molar-refractivity contribution in [3.8, 4) is 0 Å². The lowest BCUT2D eigenvalue weighted by Gasteiger charge is -2.14. The van der Waals surface area contributed by atoms with Gasteiger partial charge in [0.25, 0.3) is 0 Å². The monoisotopic (exact) mass is 319 g/mol. The molecule has 2 heterocycles. The average molecular weight is 319 g/mol. The van der Waals surface area contributed by atoms with Crippen LogP contribution in [0.2, 0.25) is 0 Å². The molecule has 0 bridgehead atoms. The summed E-state index contributed by atoms with van der Waals surface area (Å²) in [6.45, 7) is 6.30. The molecule has 23 heavy (non-hydrogen) atoms. The summed E-state index contributed by atoms with van der Waals surface area (Å²) in [5, 5.41) is 6.77. The second kappa shape index (κ2) is 6.03. The van der Waals surface area contributed by atoms with Gasteiger partial charge in [-0.25, -0.2) is 9.69 Å². The second-order valence-electron chi connectivity index (χ2n) is 5.10. The predicted molar refractivity (Wildman–Crippen MR) is 80.3 cm³/mol. The number of urea groups is 1. The van der Waals surface area contributed by atoms with E-state index >= 15 is 0 Å². The van der Waals surface area contributed by atoms with Gasteiger partial charge >= 0.3 is 17.8 Å². The van der Waals surface area contributed by atoms with Crippen LogP contribution < -0.4 is 5.32 Å². The fraction of sp³-hybridized carbons (Fsp3) is 0.357. The first kappa shape index (κ1) is 16.4. The van der Waals surface area contributed by atoms with Gasteiger partial charge in [0.1, 0.15) is 6.54 Å². The van der Waals surface area contributed by atoms with Crippen molar-refractivity contribution in [1.82, 2.24) is 19.6 Å². The second-order valence-corrected chi connectivity index (χ2v) is 5.10. The minimum Gasteiger partial charge on any atom is -0.321 e. The van der Waals surface area contributed by atoms with Crippen molar-refractivity contribution in [2.75, 3.05) is 18.4 Å². The quantitative estimate of drug-likeness (QED) is 0.465. The minimum absolute atomic E-state index is 0.0810. The zero-order chi connectivity index (χ0) is 17.3. The summed E-state index contributed by atoms with van der Waals surface area (Å²) in [6, 6.07) is -0.824. The third kappa shape index (κ3) is 2.85. The highest BCUT2D eigenvalue weighted by Gasteiger charge is 2.44. The highest BCUT2D eigenvalue weighted by atomic mass is 16.2. The Morgan fingerprint density at radius 1 is 1.22 bits per heavy atom. The van der Waals surface area contributed by atoms with Crippen LogP contribution in [0, 0.1) is 13.8 Å². The van der Waals surface area contributed by atoms with Gasteiger partial charge in [0.2, 0.25) is 5.91 Å². The predicted octanol–water partition coefficient (Wildman–Crippen LogP) is -0.0478. The van der Waals surface area contributed by atoms with Gasteiger partial charge in [-0.05, 0) is 13.8 Å². The molecule has 1 N–H and O–H groups in total. The molecule has 1 fully saturated rings. The van der Waals surface area contributed by atoms with E-state index in [9.17, 15) is 19.2 Å². The number of hydrogen-bond acceptors (Lipinski definition) is 5. The van der Waals surface area contributed by atoms with Crippen molar-refractivity contribution in [2.45, 2.75) is 13.8 Å². The number of nitrogens with one attached hydrogen (secondary N) is 1. The maximum Gasteiger partial charge on any atom is 0.335 e. The SMILES string of the molecule is C=CCN1C(=O)C(=O)N(CC(=O)Nc2c(C)nn(C)c2C)C1=O. The molecule has 0 radical (unpaired) electrons. The largest absolute Gasteiger partial charge is 0.335 e. The van der Waals surface area contributed by atoms with E-state index < -0.39 is 30.3 Å². The molecule has 0 spiro atoms. The number of aryl methyl sites for hydroxylation is 2. The van der Waals surface area contributed by atoms with Gasteiger partial charge in [0, 0.05) is 13.6 Å². The Morgan fingerprint density at radius 3 is 2.35 bits per heavy atom. The van der Waals surface area contributed by atoms with Gasteiger partial charge in [-0.15, -0.1) is 6.58 Å². The number of amides is 5. The first-order valence-electron chi connectivity index (χ1n) is 6.86. The van der Waals surface area contributed by atoms with Crippen LogP contribution in [0.3, 0.4) is 0 Å². The van der Waals surface area contributed by atoms with Crippen molar-refractivity contribution < 1.29 is 19.2 Å². The molecule has 0 unspecified atom stereocenters. The zero-order valence-electron chi connectivity index (χ0n) is 13.1. The summed E-state index contributed by atoms with van der Waals surface area (Å²) in [7, 11) is 1.73. The van der Waals surface area contributed by atoms with Crippen molar-refractivity contribution in [1.29, 1.82) is 0 Å². The first-order valence-corrected chi connectivity index (χ1v) is 6.86. The van der Waals surface area contributed by atoms with Gasteiger partial charge in [-0.3, -0.25) is 24.0 Å². The lowest BCUT2D eigenvalue weighted by atomic mass is 10.3. The van der Waals surface area contributed by atoms with Crippen LogP contribution in [0.4, 0.5) is 10.5 Å². The minimum atomic E-state index is -1.02. The number of carbonyl (C=O) groups is 4. The van der Waals surface area contributed by atoms with Gasteiger partial charge in [-0.2, -0.15) is 5.10 Å². The molecular weight excluding hydrogens is 302 g/mol. The molecular formula is C14H17N5O4. The summed E-state index contributed by atoms with van der Waals surface area (Å²) >= 11 is 0. The van der Waals surface area contributed by atoms with E-state index in [4.69, 9.17) is 0 Å². The summed E-state index contributed by atoms with van der Waals surface area (Å²) in [4.78, 5) is 49.0. The standard InChI is InChI=1S/C14H17N5O4/c1-5-6-18-12(21)13(22)19(14(18)23)7-10(20)15-11-8(2)16-17(4)9(11)3/h5H,1,6-7H2,2-4H3,(H,15,20). The van der Waals surface area contributed by atoms with Crippen molar-refractivity contribution in [3.05, 3.63) is 24.0 Å². The summed E-state index contributed by atoms with van der Waals surface area (Å²) < 4.78 is 1.60. The lowest BCUT2D eigenvalue weighted by Crippen LogP contribution is -2.39. The molecule has 0 aromatic carbocycles. The zero-order valence-corrected chi connectivity index (χ0v) is 13.1. The van der Waals surface area contributed by atoms with E-state index in [0.29, 0.717) is 16.3 Å². The molecule has 1 saturated heterocycles. The summed E-state index contributed by atoms with van der Waals surface area (Å²) in [5.74, 6) is -2.57. The Morgan fingerprint density at radius 2 is 1.83 bits per heavy atom. The highest BCUT2D eigenvalue weighted by molar-refractivity contribution is 6.45. The van der Waals surface area contributed by atoms with Crippen molar-refractivity contribution >= 4 is 29.4 Å². The molecule has 2 rings (SSSR count). The Bertz CT molecular complexity index is 721. The molecule has 1 aromatic rings. The van der Waals surface area contributed by atoms with Crippen LogP contribution in [-0.4, -0.2) is 56.4 Å². The van der Waals surface area contributed by atoms with E-state index in [-0.39, 0.29) is 6.54 Å². The number of anilines is 1. The Balaban J connectivity index is 2.11. The van der Waals surface area contributed by atoms with Crippen molar-refractivity contribution in [2.24, 2.45) is 7.05 Å². The van der Waals surface area contributed by atoms with Gasteiger partial charge < -0.3 is 5.32 Å². The smallest absolute Gasteiger partial charge is 0.321 e. The topological polar surface area (TPSA) is 105 Å². The fourth-order valence-electron chi connectivity index (χ4n) is 2.26. The normalized spacial score (nSPS) is 14.7. The summed E-state index contributed by atoms with van der Waals surface area (Å²) in [6.07, 6.45) is 1.33. The first-order chi connectivity index (χ1) is 10.8. The maximum absolute atomic E-state index is 12.1. The number of aromatic nitrogens is 2. The number of imide groups is 2. The van der Waals surface area contributed by atoms with Crippen LogP contribution in [0.5, 0.6) is 0 Å². The van der Waals surface area contributed by atoms with Gasteiger partial charge in [0.15, 0.2) is 0 Å². The maximum atomic E-state index is 12.1. The van der Waals surface area contributed by atoms with Crippen molar-refractivity contribution in [3.63, 3.8) is 0 Å². The third-order valence-corrected chi connectivity index (χ3v) is 3.52. The Labute approximate surface area is 132 Å². The molecule has 0 aliphatic carbocycles. The van der Waals surface area contributed by atoms with E-state index in [2.05, 4.69) is 17.0 Å². The molecule has 9 heteroatoms. The molecule has 122 valence electrons. The lowest BCUT2D eigenvalue weighted by molar-refractivity contribution is -0.143. The average Bonchev–Trinajstić information content (AvgIpc) is 2.84.